The van der Waals surface area contributed by atoms with Gasteiger partial charge >= 0.3 is 0 Å². The molecule has 2 N–H and O–H groups in total. The second-order valence-corrected chi connectivity index (χ2v) is 4.93. The molecule has 0 fully saturated rings. The number of carbonyl (C=O) groups excluding carboxylic acids is 1. The molecule has 0 atom stereocenters. The molecule has 25 heavy (non-hydrogen) atoms. The number of nitrogens with one attached hydrogen (secondary N) is 2. The van der Waals surface area contributed by atoms with Crippen molar-refractivity contribution in [3.63, 3.8) is 0 Å². The van der Waals surface area contributed by atoms with Crippen molar-refractivity contribution in [2.45, 2.75) is 0 Å². The van der Waals surface area contributed by atoms with Gasteiger partial charge in [0.25, 0.3) is 5.91 Å². The van der Waals surface area contributed by atoms with E-state index in [2.05, 4.69) is 10.1 Å². The summed E-state index contributed by atoms with van der Waals surface area (Å²) >= 11 is 0. The smallest absolute Gasteiger partial charge is 0.273 e. The predicted octanol–water partition coefficient (Wildman–Crippen LogP) is 3.63. The van der Waals surface area contributed by atoms with Crippen LogP contribution < -0.4 is 5.43 Å². The molecule has 0 radical (unpaired) electrons. The van der Waals surface area contributed by atoms with E-state index in [1.165, 1.54) is 6.20 Å². The van der Waals surface area contributed by atoms with Gasteiger partial charge in [0.2, 0.25) is 5.82 Å². The maximum Gasteiger partial charge on any atom is 0.273 e. The van der Waals surface area contributed by atoms with Gasteiger partial charge in [-0.3, -0.25) is 4.79 Å². The second-order valence-electron chi connectivity index (χ2n) is 4.93. The second kappa shape index (κ2) is 6.34. The summed E-state index contributed by atoms with van der Waals surface area (Å²) in [5, 5.41) is 3.84. The molecular weight excluding hydrogens is 345 g/mol. The van der Waals surface area contributed by atoms with Crippen molar-refractivity contribution >= 4 is 23.0 Å². The van der Waals surface area contributed by atoms with Crippen molar-refractivity contribution in [3.8, 4) is 0 Å². The minimum Gasteiger partial charge on any atom is -0.360 e. The standard InChI is InChI=1S/C16H8F5N3O/c17-11-9(12(18)14(20)15(21)13(11)19)6-23-24-16(25)8-5-22-10-4-2-1-3-7(8)10/h1-6,22H,(H,24,25)/b23-6+. The van der Waals surface area contributed by atoms with Gasteiger partial charge in [0.15, 0.2) is 23.3 Å². The molecule has 1 heterocycles. The molecule has 3 rings (SSSR count). The Morgan fingerprint density at radius 2 is 1.56 bits per heavy atom. The van der Waals surface area contributed by atoms with Gasteiger partial charge in [0, 0.05) is 17.1 Å². The third-order valence-corrected chi connectivity index (χ3v) is 3.44. The van der Waals surface area contributed by atoms with E-state index in [0.717, 1.165) is 0 Å². The van der Waals surface area contributed by atoms with Crippen molar-refractivity contribution in [3.05, 3.63) is 70.7 Å². The maximum atomic E-state index is 13.5. The van der Waals surface area contributed by atoms with Gasteiger partial charge in [-0.05, 0) is 6.07 Å². The van der Waals surface area contributed by atoms with Crippen molar-refractivity contribution < 1.29 is 26.7 Å². The summed E-state index contributed by atoms with van der Waals surface area (Å²) in [4.78, 5) is 14.9. The predicted molar refractivity (Wildman–Crippen MR) is 79.6 cm³/mol. The molecule has 0 spiro atoms. The molecule has 0 aliphatic heterocycles. The van der Waals surface area contributed by atoms with Crippen molar-refractivity contribution in [2.24, 2.45) is 5.10 Å². The molecule has 9 heteroatoms. The highest BCUT2D eigenvalue weighted by Crippen LogP contribution is 2.21. The number of hydrogen-bond acceptors (Lipinski definition) is 2. The van der Waals surface area contributed by atoms with E-state index in [0.29, 0.717) is 17.1 Å². The van der Waals surface area contributed by atoms with Crippen LogP contribution in [0.4, 0.5) is 22.0 Å². The largest absolute Gasteiger partial charge is 0.360 e. The van der Waals surface area contributed by atoms with Gasteiger partial charge in [-0.25, -0.2) is 27.4 Å². The van der Waals surface area contributed by atoms with Crippen LogP contribution in [0.25, 0.3) is 10.9 Å². The van der Waals surface area contributed by atoms with Crippen LogP contribution in [-0.2, 0) is 0 Å². The molecule has 0 aliphatic rings. The first kappa shape index (κ1) is 16.6. The molecule has 0 unspecified atom stereocenters. The fraction of sp³-hybridized carbons (Fsp3) is 0. The van der Waals surface area contributed by atoms with Crippen molar-refractivity contribution in [1.29, 1.82) is 0 Å². The van der Waals surface area contributed by atoms with E-state index >= 15 is 0 Å². The van der Waals surface area contributed by atoms with Gasteiger partial charge < -0.3 is 4.98 Å². The summed E-state index contributed by atoms with van der Waals surface area (Å²) in [7, 11) is 0. The third kappa shape index (κ3) is 2.84. The number of amides is 1. The lowest BCUT2D eigenvalue weighted by Gasteiger charge is -2.04. The van der Waals surface area contributed by atoms with E-state index in [9.17, 15) is 26.7 Å². The molecule has 4 nitrogen and oxygen atoms in total. The third-order valence-electron chi connectivity index (χ3n) is 3.44. The first-order chi connectivity index (χ1) is 11.9. The van der Waals surface area contributed by atoms with E-state index < -0.39 is 40.6 Å². The molecule has 0 bridgehead atoms. The summed E-state index contributed by atoms with van der Waals surface area (Å²) in [6.45, 7) is 0. The monoisotopic (exact) mass is 353 g/mol. The highest BCUT2D eigenvalue weighted by Gasteiger charge is 2.24. The van der Waals surface area contributed by atoms with Crippen molar-refractivity contribution in [1.82, 2.24) is 10.4 Å². The van der Waals surface area contributed by atoms with Crippen LogP contribution in [0.15, 0.2) is 35.6 Å². The highest BCUT2D eigenvalue weighted by molar-refractivity contribution is 6.06. The summed E-state index contributed by atoms with van der Waals surface area (Å²) in [5.74, 6) is -11.3. The number of H-pyrrole nitrogens is 1. The highest BCUT2D eigenvalue weighted by atomic mass is 19.2. The first-order valence-electron chi connectivity index (χ1n) is 6.82. The normalized spacial score (nSPS) is 11.4. The fourth-order valence-corrected chi connectivity index (χ4v) is 2.21. The molecule has 2 aromatic carbocycles. The summed E-state index contributed by atoms with van der Waals surface area (Å²) < 4.78 is 66.0. The fourth-order valence-electron chi connectivity index (χ4n) is 2.21. The number of hydrazone groups is 1. The molecule has 0 aliphatic carbocycles. The number of carbonyl (C=O) groups is 1. The Labute approximate surface area is 137 Å². The van der Waals surface area contributed by atoms with Crippen LogP contribution in [0, 0.1) is 29.1 Å². The van der Waals surface area contributed by atoms with Gasteiger partial charge in [-0.15, -0.1) is 0 Å². The number of aromatic nitrogens is 1. The lowest BCUT2D eigenvalue weighted by molar-refractivity contribution is 0.0957. The molecule has 0 saturated heterocycles. The topological polar surface area (TPSA) is 57.2 Å². The van der Waals surface area contributed by atoms with E-state index in [4.69, 9.17) is 0 Å². The first-order valence-corrected chi connectivity index (χ1v) is 6.82. The average molecular weight is 353 g/mol. The van der Waals surface area contributed by atoms with E-state index in [1.54, 1.807) is 24.3 Å². The minimum atomic E-state index is -2.27. The Hall–Kier alpha value is -3.23. The Balaban J connectivity index is 1.86. The molecule has 128 valence electrons. The lowest BCUT2D eigenvalue weighted by atomic mass is 10.2. The molecule has 1 aromatic heterocycles. The molecular formula is C16H8F5N3O. The molecule has 0 saturated carbocycles. The van der Waals surface area contributed by atoms with Gasteiger partial charge in [0.1, 0.15) is 0 Å². The zero-order valence-corrected chi connectivity index (χ0v) is 12.2. The quantitative estimate of drug-likeness (QED) is 0.244. The minimum absolute atomic E-state index is 0.199. The molecule has 1 amide bonds. The summed E-state index contributed by atoms with van der Waals surface area (Å²) in [5.41, 5.74) is 1.59. The number of aromatic amines is 1. The van der Waals surface area contributed by atoms with Gasteiger partial charge in [-0.1, -0.05) is 18.2 Å². The number of halogens is 5. The van der Waals surface area contributed by atoms with E-state index in [1.807, 2.05) is 5.43 Å². The zero-order valence-electron chi connectivity index (χ0n) is 12.2. The Morgan fingerprint density at radius 3 is 2.24 bits per heavy atom. The van der Waals surface area contributed by atoms with Crippen LogP contribution in [0.5, 0.6) is 0 Å². The Morgan fingerprint density at radius 1 is 0.960 bits per heavy atom. The van der Waals surface area contributed by atoms with Crippen LogP contribution in [0.3, 0.4) is 0 Å². The van der Waals surface area contributed by atoms with Crippen LogP contribution in [-0.4, -0.2) is 17.1 Å². The van der Waals surface area contributed by atoms with Gasteiger partial charge in [0.05, 0.1) is 17.3 Å². The molecule has 3 aromatic rings. The van der Waals surface area contributed by atoms with Crippen molar-refractivity contribution in [2.75, 3.05) is 0 Å². The van der Waals surface area contributed by atoms with E-state index in [-0.39, 0.29) is 5.56 Å². The maximum absolute atomic E-state index is 13.5. The number of para-hydroxylation sites is 1. The number of rotatable bonds is 3. The number of nitrogens with zero attached hydrogens (tertiary/aromatic N) is 1. The summed E-state index contributed by atoms with van der Waals surface area (Å²) in [6.07, 6.45) is 1.75. The number of benzene rings is 2. The average Bonchev–Trinajstić information content (AvgIpc) is 3.05. The van der Waals surface area contributed by atoms with Crippen LogP contribution in [0.2, 0.25) is 0 Å². The Bertz CT molecular complexity index is 983. The van der Waals surface area contributed by atoms with Crippen LogP contribution >= 0.6 is 0 Å². The van der Waals surface area contributed by atoms with Gasteiger partial charge in [-0.2, -0.15) is 5.10 Å². The van der Waals surface area contributed by atoms with Crippen LogP contribution in [0.1, 0.15) is 15.9 Å². The Kier molecular flexibility index (Phi) is 4.22. The zero-order chi connectivity index (χ0) is 18.1. The summed E-state index contributed by atoms with van der Waals surface area (Å²) in [6, 6.07) is 6.84. The lowest BCUT2D eigenvalue weighted by Crippen LogP contribution is -2.18. The SMILES string of the molecule is O=C(N/N=C/c1c(F)c(F)c(F)c(F)c1F)c1c[nH]c2ccccc12. The number of hydrogen-bond donors (Lipinski definition) is 2. The number of fused-ring (bicyclic) bond motifs is 1.